The fraction of sp³-hybridized carbons (Fsp3) is 0.136. The lowest BCUT2D eigenvalue weighted by Crippen LogP contribution is -2.28. The van der Waals surface area contributed by atoms with Crippen molar-refractivity contribution in [2.24, 2.45) is 0 Å². The topological polar surface area (TPSA) is 84.5 Å². The van der Waals surface area contributed by atoms with Gasteiger partial charge in [-0.25, -0.2) is 12.8 Å². The molecule has 3 aromatic rings. The number of hydrogen-bond donors (Lipinski definition) is 2. The van der Waals surface area contributed by atoms with Gasteiger partial charge in [0.05, 0.1) is 17.1 Å². The van der Waals surface area contributed by atoms with Crippen LogP contribution in [0.15, 0.2) is 77.7 Å². The Bertz CT molecular complexity index is 1120. The fourth-order valence-corrected chi connectivity index (χ4v) is 3.79. The third-order valence-corrected chi connectivity index (χ3v) is 5.65. The van der Waals surface area contributed by atoms with Crippen molar-refractivity contribution in [1.29, 1.82) is 0 Å². The predicted molar refractivity (Wildman–Crippen MR) is 113 cm³/mol. The summed E-state index contributed by atoms with van der Waals surface area (Å²) >= 11 is 0. The number of halogens is 1. The quantitative estimate of drug-likeness (QED) is 0.536. The molecule has 30 heavy (non-hydrogen) atoms. The van der Waals surface area contributed by atoms with Crippen molar-refractivity contribution in [1.82, 2.24) is 5.32 Å². The molecule has 0 atom stereocenters. The van der Waals surface area contributed by atoms with Crippen LogP contribution in [0, 0.1) is 12.7 Å². The lowest BCUT2D eigenvalue weighted by molar-refractivity contribution is 0.0947. The zero-order valence-corrected chi connectivity index (χ0v) is 17.1. The van der Waals surface area contributed by atoms with Gasteiger partial charge in [-0.2, -0.15) is 0 Å². The summed E-state index contributed by atoms with van der Waals surface area (Å²) in [7, 11) is -3.76. The van der Waals surface area contributed by atoms with E-state index < -0.39 is 10.0 Å². The summed E-state index contributed by atoms with van der Waals surface area (Å²) in [5, 5.41) is 2.71. The second-order valence-corrected chi connectivity index (χ2v) is 8.19. The first kappa shape index (κ1) is 21.3. The number of carbonyl (C=O) groups excluding carboxylic acids is 1. The molecule has 0 heterocycles. The molecule has 156 valence electrons. The van der Waals surface area contributed by atoms with Gasteiger partial charge in [0.2, 0.25) is 0 Å². The molecule has 0 radical (unpaired) electrons. The average Bonchev–Trinajstić information content (AvgIpc) is 2.74. The van der Waals surface area contributed by atoms with Crippen LogP contribution in [0.2, 0.25) is 0 Å². The number of sulfonamides is 1. The van der Waals surface area contributed by atoms with Crippen LogP contribution < -0.4 is 14.8 Å². The summed E-state index contributed by atoms with van der Waals surface area (Å²) in [5.41, 5.74) is 1.33. The molecule has 0 saturated heterocycles. The second-order valence-electron chi connectivity index (χ2n) is 6.51. The van der Waals surface area contributed by atoms with E-state index in [1.165, 1.54) is 42.5 Å². The highest BCUT2D eigenvalue weighted by Gasteiger charge is 2.16. The van der Waals surface area contributed by atoms with Crippen molar-refractivity contribution >= 4 is 21.6 Å². The van der Waals surface area contributed by atoms with Crippen molar-refractivity contribution in [3.05, 3.63) is 89.7 Å². The molecule has 0 aromatic heterocycles. The fourth-order valence-electron chi connectivity index (χ4n) is 2.64. The van der Waals surface area contributed by atoms with Crippen molar-refractivity contribution in [2.45, 2.75) is 11.8 Å². The van der Waals surface area contributed by atoms with Crippen molar-refractivity contribution in [2.75, 3.05) is 17.9 Å². The average molecular weight is 428 g/mol. The van der Waals surface area contributed by atoms with E-state index in [2.05, 4.69) is 10.0 Å². The van der Waals surface area contributed by atoms with E-state index in [1.807, 2.05) is 0 Å². The number of carbonyl (C=O) groups is 1. The van der Waals surface area contributed by atoms with Crippen LogP contribution in [-0.4, -0.2) is 27.5 Å². The third kappa shape index (κ3) is 5.57. The number of hydrogen-bond acceptors (Lipinski definition) is 4. The van der Waals surface area contributed by atoms with E-state index in [1.54, 1.807) is 37.3 Å². The molecular formula is C22H21FN2O4S. The van der Waals surface area contributed by atoms with Gasteiger partial charge in [-0.05, 0) is 61.0 Å². The number of amides is 1. The summed E-state index contributed by atoms with van der Waals surface area (Å²) in [6, 6.07) is 18.4. The monoisotopic (exact) mass is 428 g/mol. The molecule has 0 spiro atoms. The maximum Gasteiger partial charge on any atom is 0.261 e. The molecule has 1 amide bonds. The highest BCUT2D eigenvalue weighted by Crippen LogP contribution is 2.21. The molecular weight excluding hydrogens is 407 g/mol. The predicted octanol–water partition coefficient (Wildman–Crippen LogP) is 3.74. The largest absolute Gasteiger partial charge is 0.492 e. The van der Waals surface area contributed by atoms with Crippen LogP contribution >= 0.6 is 0 Å². The first-order valence-electron chi connectivity index (χ1n) is 9.20. The van der Waals surface area contributed by atoms with Gasteiger partial charge < -0.3 is 10.1 Å². The molecule has 6 nitrogen and oxygen atoms in total. The van der Waals surface area contributed by atoms with Gasteiger partial charge in [0.1, 0.15) is 18.2 Å². The number of nitrogens with one attached hydrogen (secondary N) is 2. The summed E-state index contributed by atoms with van der Waals surface area (Å²) in [5.74, 6) is -0.217. The van der Waals surface area contributed by atoms with Gasteiger partial charge in [0.15, 0.2) is 0 Å². The van der Waals surface area contributed by atoms with Crippen LogP contribution in [-0.2, 0) is 10.0 Å². The maximum absolute atomic E-state index is 12.9. The van der Waals surface area contributed by atoms with Gasteiger partial charge in [0, 0.05) is 5.56 Å². The zero-order valence-electron chi connectivity index (χ0n) is 16.3. The van der Waals surface area contributed by atoms with E-state index in [0.29, 0.717) is 22.6 Å². The van der Waals surface area contributed by atoms with Crippen LogP contribution in [0.5, 0.6) is 5.75 Å². The lowest BCUT2D eigenvalue weighted by atomic mass is 10.1. The highest BCUT2D eigenvalue weighted by atomic mass is 32.2. The zero-order chi connectivity index (χ0) is 21.6. The van der Waals surface area contributed by atoms with Crippen LogP contribution in [0.1, 0.15) is 15.9 Å². The Morgan fingerprint density at radius 1 is 1.00 bits per heavy atom. The minimum absolute atomic E-state index is 0.136. The van der Waals surface area contributed by atoms with Gasteiger partial charge in [-0.15, -0.1) is 0 Å². The Morgan fingerprint density at radius 3 is 2.40 bits per heavy atom. The third-order valence-electron chi connectivity index (χ3n) is 4.27. The molecule has 0 bridgehead atoms. The molecule has 8 heteroatoms. The smallest absolute Gasteiger partial charge is 0.261 e. The summed E-state index contributed by atoms with van der Waals surface area (Å²) in [6.45, 7) is 2.19. The number of aryl methyl sites for hydroxylation is 1. The number of rotatable bonds is 8. The minimum Gasteiger partial charge on any atom is -0.492 e. The molecule has 3 rings (SSSR count). The maximum atomic E-state index is 12.9. The van der Waals surface area contributed by atoms with Crippen molar-refractivity contribution < 1.29 is 22.3 Å². The van der Waals surface area contributed by atoms with Crippen molar-refractivity contribution in [3.63, 3.8) is 0 Å². The van der Waals surface area contributed by atoms with E-state index >= 15 is 0 Å². The van der Waals surface area contributed by atoms with Gasteiger partial charge in [-0.1, -0.05) is 24.3 Å². The standard InChI is InChI=1S/C22H21FN2O4S/c1-16-7-8-17(15-21(16)25-30(27,28)20-5-3-2-4-6-20)22(26)24-13-14-29-19-11-9-18(23)10-12-19/h2-12,15,25H,13-14H2,1H3,(H,24,26). The van der Waals surface area contributed by atoms with Gasteiger partial charge in [-0.3, -0.25) is 9.52 Å². The van der Waals surface area contributed by atoms with Gasteiger partial charge in [0.25, 0.3) is 15.9 Å². The lowest BCUT2D eigenvalue weighted by Gasteiger charge is -2.13. The number of benzene rings is 3. The molecule has 0 fully saturated rings. The number of anilines is 1. The molecule has 3 aromatic carbocycles. The molecule has 0 saturated carbocycles. The molecule has 0 aliphatic rings. The highest BCUT2D eigenvalue weighted by molar-refractivity contribution is 7.92. The number of ether oxygens (including phenoxy) is 1. The van der Waals surface area contributed by atoms with E-state index in [0.717, 1.165) is 0 Å². The molecule has 2 N–H and O–H groups in total. The Hall–Kier alpha value is -3.39. The van der Waals surface area contributed by atoms with Crippen LogP contribution in [0.4, 0.5) is 10.1 Å². The van der Waals surface area contributed by atoms with Crippen molar-refractivity contribution in [3.8, 4) is 5.75 Å². The van der Waals surface area contributed by atoms with Gasteiger partial charge >= 0.3 is 0 Å². The second kappa shape index (κ2) is 9.41. The minimum atomic E-state index is -3.76. The Labute approximate surface area is 174 Å². The normalized spacial score (nSPS) is 11.0. The molecule has 0 aliphatic carbocycles. The van der Waals surface area contributed by atoms with Crippen LogP contribution in [0.3, 0.4) is 0 Å². The Balaban J connectivity index is 1.61. The van der Waals surface area contributed by atoms with E-state index in [9.17, 15) is 17.6 Å². The summed E-state index contributed by atoms with van der Waals surface area (Å²) in [4.78, 5) is 12.5. The summed E-state index contributed by atoms with van der Waals surface area (Å²) < 4.78 is 45.9. The van der Waals surface area contributed by atoms with E-state index in [-0.39, 0.29) is 29.8 Å². The Morgan fingerprint density at radius 2 is 1.70 bits per heavy atom. The van der Waals surface area contributed by atoms with Crippen LogP contribution in [0.25, 0.3) is 0 Å². The van der Waals surface area contributed by atoms with E-state index in [4.69, 9.17) is 4.74 Å². The first-order chi connectivity index (χ1) is 14.3. The molecule has 0 aliphatic heterocycles. The first-order valence-corrected chi connectivity index (χ1v) is 10.7. The molecule has 0 unspecified atom stereocenters. The summed E-state index contributed by atoms with van der Waals surface area (Å²) in [6.07, 6.45) is 0. The SMILES string of the molecule is Cc1ccc(C(=O)NCCOc2ccc(F)cc2)cc1NS(=O)(=O)c1ccccc1. The Kier molecular flexibility index (Phi) is 6.68.